The zero-order chi connectivity index (χ0) is 14.1. The number of nitrogens with zero attached hydrogens (tertiary/aromatic N) is 1. The highest BCUT2D eigenvalue weighted by atomic mass is 16.5. The van der Waals surface area contributed by atoms with Crippen LogP contribution in [-0.2, 0) is 0 Å². The van der Waals surface area contributed by atoms with Crippen molar-refractivity contribution >= 4 is 0 Å². The third kappa shape index (κ3) is 6.45. The van der Waals surface area contributed by atoms with Crippen LogP contribution in [0.4, 0.5) is 0 Å². The Hall–Kier alpha value is -1.26. The Labute approximate surface area is 116 Å². The average Bonchev–Trinajstić information content (AvgIpc) is 2.39. The second-order valence-corrected chi connectivity index (χ2v) is 4.91. The van der Waals surface area contributed by atoms with Crippen molar-refractivity contribution in [3.8, 4) is 11.5 Å². The molecule has 0 bridgehead atoms. The second-order valence-electron chi connectivity index (χ2n) is 4.91. The molecule has 0 aliphatic carbocycles. The topological polar surface area (TPSA) is 33.7 Å². The molecular weight excluding hydrogens is 240 g/mol. The van der Waals surface area contributed by atoms with Crippen molar-refractivity contribution in [1.82, 2.24) is 10.2 Å². The molecule has 0 unspecified atom stereocenters. The van der Waals surface area contributed by atoms with Crippen LogP contribution in [0.15, 0.2) is 24.3 Å². The highest BCUT2D eigenvalue weighted by Gasteiger charge is 2.03. The lowest BCUT2D eigenvalue weighted by Gasteiger charge is -2.18. The van der Waals surface area contributed by atoms with Crippen LogP contribution in [0, 0.1) is 0 Å². The third-order valence-corrected chi connectivity index (χ3v) is 2.85. The summed E-state index contributed by atoms with van der Waals surface area (Å²) in [7, 11) is 3.76. The fourth-order valence-corrected chi connectivity index (χ4v) is 1.71. The molecule has 0 atom stereocenters. The number of rotatable bonds is 9. The Morgan fingerprint density at radius 2 is 1.84 bits per heavy atom. The van der Waals surface area contributed by atoms with Crippen molar-refractivity contribution in [3.05, 3.63) is 24.3 Å². The van der Waals surface area contributed by atoms with Crippen molar-refractivity contribution in [1.29, 1.82) is 0 Å². The third-order valence-electron chi connectivity index (χ3n) is 2.85. The minimum absolute atomic E-state index is 0.540. The first-order chi connectivity index (χ1) is 9.13. The first-order valence-electron chi connectivity index (χ1n) is 6.81. The summed E-state index contributed by atoms with van der Waals surface area (Å²) in [4.78, 5) is 2.25. The molecule has 19 heavy (non-hydrogen) atoms. The number of para-hydroxylation sites is 2. The van der Waals surface area contributed by atoms with Crippen LogP contribution in [0.5, 0.6) is 11.5 Å². The van der Waals surface area contributed by atoms with Crippen LogP contribution in [0.2, 0.25) is 0 Å². The zero-order valence-corrected chi connectivity index (χ0v) is 12.5. The van der Waals surface area contributed by atoms with E-state index in [4.69, 9.17) is 9.47 Å². The molecule has 0 heterocycles. The fraction of sp³-hybridized carbons (Fsp3) is 0.600. The van der Waals surface area contributed by atoms with E-state index in [0.717, 1.165) is 31.1 Å². The molecule has 4 nitrogen and oxygen atoms in total. The van der Waals surface area contributed by atoms with Gasteiger partial charge in [-0.1, -0.05) is 26.0 Å². The first kappa shape index (κ1) is 15.8. The average molecular weight is 266 g/mol. The maximum Gasteiger partial charge on any atom is 0.161 e. The Morgan fingerprint density at radius 3 is 2.47 bits per heavy atom. The monoisotopic (exact) mass is 266 g/mol. The fourth-order valence-electron chi connectivity index (χ4n) is 1.71. The molecule has 0 saturated carbocycles. The SMILES string of the molecule is COc1ccccc1OCCN(C)CCNC(C)C. The van der Waals surface area contributed by atoms with Crippen molar-refractivity contribution < 1.29 is 9.47 Å². The number of hydrogen-bond donors (Lipinski definition) is 1. The lowest BCUT2D eigenvalue weighted by atomic mass is 10.3. The molecule has 0 aliphatic heterocycles. The summed E-state index contributed by atoms with van der Waals surface area (Å²) in [6.07, 6.45) is 0. The summed E-state index contributed by atoms with van der Waals surface area (Å²) in [5, 5.41) is 3.40. The lowest BCUT2D eigenvalue weighted by Crippen LogP contribution is -2.34. The van der Waals surface area contributed by atoms with Gasteiger partial charge in [-0.05, 0) is 19.2 Å². The maximum absolute atomic E-state index is 5.74. The summed E-state index contributed by atoms with van der Waals surface area (Å²) >= 11 is 0. The summed E-state index contributed by atoms with van der Waals surface area (Å²) in [6, 6.07) is 8.27. The minimum atomic E-state index is 0.540. The van der Waals surface area contributed by atoms with E-state index in [1.54, 1.807) is 7.11 Å². The Bertz CT molecular complexity index is 356. The molecule has 1 N–H and O–H groups in total. The summed E-state index contributed by atoms with van der Waals surface area (Å²) < 4.78 is 11.0. The number of hydrogen-bond acceptors (Lipinski definition) is 4. The van der Waals surface area contributed by atoms with Gasteiger partial charge in [0.1, 0.15) is 6.61 Å². The number of nitrogens with one attached hydrogen (secondary N) is 1. The molecule has 4 heteroatoms. The van der Waals surface area contributed by atoms with E-state index in [9.17, 15) is 0 Å². The molecular formula is C15H26N2O2. The highest BCUT2D eigenvalue weighted by molar-refractivity contribution is 5.39. The predicted molar refractivity (Wildman–Crippen MR) is 79.1 cm³/mol. The molecule has 1 rings (SSSR count). The van der Waals surface area contributed by atoms with Crippen LogP contribution in [0.3, 0.4) is 0 Å². The van der Waals surface area contributed by atoms with Crippen LogP contribution >= 0.6 is 0 Å². The molecule has 1 aromatic rings. The van der Waals surface area contributed by atoms with Gasteiger partial charge in [-0.25, -0.2) is 0 Å². The maximum atomic E-state index is 5.74. The van der Waals surface area contributed by atoms with Gasteiger partial charge in [-0.2, -0.15) is 0 Å². The summed E-state index contributed by atoms with van der Waals surface area (Å²) in [5.41, 5.74) is 0. The van der Waals surface area contributed by atoms with Gasteiger partial charge >= 0.3 is 0 Å². The number of benzene rings is 1. The molecule has 0 aliphatic rings. The molecule has 0 aromatic heterocycles. The zero-order valence-electron chi connectivity index (χ0n) is 12.5. The van der Waals surface area contributed by atoms with Gasteiger partial charge in [0.15, 0.2) is 11.5 Å². The molecule has 0 fully saturated rings. The van der Waals surface area contributed by atoms with Gasteiger partial charge in [0.2, 0.25) is 0 Å². The van der Waals surface area contributed by atoms with Crippen molar-refractivity contribution in [2.45, 2.75) is 19.9 Å². The Kier molecular flexibility index (Phi) is 7.30. The number of ether oxygens (including phenoxy) is 2. The molecule has 0 amide bonds. The van der Waals surface area contributed by atoms with E-state index in [0.29, 0.717) is 12.6 Å². The van der Waals surface area contributed by atoms with Crippen molar-refractivity contribution in [2.75, 3.05) is 40.4 Å². The van der Waals surface area contributed by atoms with Crippen LogP contribution in [0.25, 0.3) is 0 Å². The van der Waals surface area contributed by atoms with E-state index < -0.39 is 0 Å². The van der Waals surface area contributed by atoms with E-state index in [2.05, 4.69) is 31.1 Å². The van der Waals surface area contributed by atoms with Gasteiger partial charge < -0.3 is 19.7 Å². The smallest absolute Gasteiger partial charge is 0.161 e. The van der Waals surface area contributed by atoms with Crippen LogP contribution < -0.4 is 14.8 Å². The summed E-state index contributed by atoms with van der Waals surface area (Å²) in [5.74, 6) is 1.59. The highest BCUT2D eigenvalue weighted by Crippen LogP contribution is 2.25. The van der Waals surface area contributed by atoms with Gasteiger partial charge in [-0.3, -0.25) is 0 Å². The van der Waals surface area contributed by atoms with Crippen LogP contribution in [0.1, 0.15) is 13.8 Å². The van der Waals surface area contributed by atoms with Gasteiger partial charge in [0.25, 0.3) is 0 Å². The molecule has 0 radical (unpaired) electrons. The largest absolute Gasteiger partial charge is 0.493 e. The van der Waals surface area contributed by atoms with Crippen molar-refractivity contribution in [2.24, 2.45) is 0 Å². The van der Waals surface area contributed by atoms with Gasteiger partial charge in [0.05, 0.1) is 7.11 Å². The van der Waals surface area contributed by atoms with Crippen molar-refractivity contribution in [3.63, 3.8) is 0 Å². The van der Waals surface area contributed by atoms with E-state index in [1.165, 1.54) is 0 Å². The number of methoxy groups -OCH3 is 1. The molecule has 0 saturated heterocycles. The van der Waals surface area contributed by atoms with Crippen LogP contribution in [-0.4, -0.2) is 51.3 Å². The molecule has 1 aromatic carbocycles. The predicted octanol–water partition coefficient (Wildman–Crippen LogP) is 2.00. The minimum Gasteiger partial charge on any atom is -0.493 e. The summed E-state index contributed by atoms with van der Waals surface area (Å²) in [6.45, 7) is 7.91. The Balaban J connectivity index is 2.22. The standard InChI is InChI=1S/C15H26N2O2/c1-13(2)16-9-10-17(3)11-12-19-15-8-6-5-7-14(15)18-4/h5-8,13,16H,9-12H2,1-4H3. The quantitative estimate of drug-likeness (QED) is 0.741. The van der Waals surface area contributed by atoms with Gasteiger partial charge in [0, 0.05) is 25.7 Å². The van der Waals surface area contributed by atoms with Gasteiger partial charge in [-0.15, -0.1) is 0 Å². The van der Waals surface area contributed by atoms with E-state index >= 15 is 0 Å². The normalized spacial score (nSPS) is 11.1. The second kappa shape index (κ2) is 8.77. The molecule has 0 spiro atoms. The number of likely N-dealkylation sites (N-methyl/N-ethyl adjacent to an activating group) is 1. The lowest BCUT2D eigenvalue weighted by molar-refractivity contribution is 0.229. The first-order valence-corrected chi connectivity index (χ1v) is 6.81. The van der Waals surface area contributed by atoms with E-state index in [1.807, 2.05) is 24.3 Å². The van der Waals surface area contributed by atoms with E-state index in [-0.39, 0.29) is 0 Å². The Morgan fingerprint density at radius 1 is 1.16 bits per heavy atom. The molecule has 108 valence electrons.